The van der Waals surface area contributed by atoms with Crippen LogP contribution in [0, 0.1) is 22.7 Å². The number of hydrogen-bond donors (Lipinski definition) is 1. The van der Waals surface area contributed by atoms with E-state index in [2.05, 4.69) is 11.1 Å². The zero-order valence-electron chi connectivity index (χ0n) is 20.6. The van der Waals surface area contributed by atoms with Crippen LogP contribution < -0.4 is 0 Å². The number of pyridine rings is 1. The summed E-state index contributed by atoms with van der Waals surface area (Å²) in [5, 5.41) is 19.8. The predicted molar refractivity (Wildman–Crippen MR) is 137 cm³/mol. The van der Waals surface area contributed by atoms with Gasteiger partial charge < -0.3 is 14.4 Å². The molecule has 1 saturated carbocycles. The molecule has 2 aromatic heterocycles. The predicted octanol–water partition coefficient (Wildman–Crippen LogP) is 5.71. The maximum absolute atomic E-state index is 13.4. The van der Waals surface area contributed by atoms with Crippen LogP contribution in [0.15, 0.2) is 36.5 Å². The molecule has 1 N–H and O–H groups in total. The summed E-state index contributed by atoms with van der Waals surface area (Å²) in [5.41, 5.74) is 3.60. The summed E-state index contributed by atoms with van der Waals surface area (Å²) in [7, 11) is 1.89. The van der Waals surface area contributed by atoms with Crippen molar-refractivity contribution in [3.63, 3.8) is 0 Å². The van der Waals surface area contributed by atoms with Crippen LogP contribution in [0.25, 0.3) is 11.0 Å². The first-order chi connectivity index (χ1) is 17.2. The summed E-state index contributed by atoms with van der Waals surface area (Å²) < 4.78 is 7.98. The molecule has 0 radical (unpaired) electrons. The number of rotatable bonds is 12. The van der Waals surface area contributed by atoms with E-state index in [0.717, 1.165) is 30.5 Å². The third-order valence-electron chi connectivity index (χ3n) is 7.03. The average molecular weight is 508 g/mol. The van der Waals surface area contributed by atoms with E-state index >= 15 is 0 Å². The number of carbonyl (C=O) groups excluding carboxylic acids is 1. The fraction of sp³-hybridized carbons (Fsp3) is 0.429. The normalized spacial score (nSPS) is 14.9. The molecule has 0 amide bonds. The third-order valence-corrected chi connectivity index (χ3v) is 7.26. The number of halogens is 1. The van der Waals surface area contributed by atoms with Gasteiger partial charge in [0.2, 0.25) is 0 Å². The van der Waals surface area contributed by atoms with E-state index in [1.165, 1.54) is 6.20 Å². The van der Waals surface area contributed by atoms with Gasteiger partial charge in [-0.15, -0.1) is 0 Å². The van der Waals surface area contributed by atoms with Gasteiger partial charge in [0.1, 0.15) is 11.7 Å². The van der Waals surface area contributed by atoms with Gasteiger partial charge in [0, 0.05) is 47.8 Å². The molecule has 0 unspecified atom stereocenters. The lowest BCUT2D eigenvalue weighted by Gasteiger charge is -2.17. The number of benzene rings is 1. The standard InChI is InChI=1S/C28H30ClN3O4/c1-18(11-25(34)35)10-24(33)26-22-13-20(14-30)15-31-27(22)32(2)23(26)6-7-28(8-9-28)17-36-16-19-4-3-5-21(29)12-19/h3-5,12-13,15,18H,6-11,16-17H2,1-2H3,(H,34,35)/t18-/m0/s1. The van der Waals surface area contributed by atoms with Crippen molar-refractivity contribution in [2.24, 2.45) is 18.4 Å². The fourth-order valence-electron chi connectivity index (χ4n) is 4.85. The minimum Gasteiger partial charge on any atom is -0.481 e. The maximum atomic E-state index is 13.4. The van der Waals surface area contributed by atoms with Crippen LogP contribution >= 0.6 is 11.6 Å². The Hall–Kier alpha value is -3.21. The number of ether oxygens (including phenoxy) is 1. The Morgan fingerprint density at radius 2 is 2.08 bits per heavy atom. The van der Waals surface area contributed by atoms with E-state index in [9.17, 15) is 14.9 Å². The molecule has 36 heavy (non-hydrogen) atoms. The molecule has 1 aliphatic carbocycles. The molecular formula is C28H30ClN3O4. The minimum atomic E-state index is -0.921. The van der Waals surface area contributed by atoms with Crippen molar-refractivity contribution >= 4 is 34.4 Å². The summed E-state index contributed by atoms with van der Waals surface area (Å²) in [4.78, 5) is 29.0. The van der Waals surface area contributed by atoms with Crippen molar-refractivity contribution in [3.8, 4) is 6.07 Å². The summed E-state index contributed by atoms with van der Waals surface area (Å²) in [5.74, 6) is -1.32. The molecule has 1 aromatic carbocycles. The second kappa shape index (κ2) is 10.8. The maximum Gasteiger partial charge on any atom is 0.303 e. The number of fused-ring (bicyclic) bond motifs is 1. The smallest absolute Gasteiger partial charge is 0.303 e. The molecule has 0 saturated heterocycles. The molecule has 3 aromatic rings. The Kier molecular flexibility index (Phi) is 7.77. The topological polar surface area (TPSA) is 105 Å². The van der Waals surface area contributed by atoms with Crippen LogP contribution in [-0.4, -0.2) is 33.0 Å². The van der Waals surface area contributed by atoms with Gasteiger partial charge in [0.05, 0.1) is 18.8 Å². The monoisotopic (exact) mass is 507 g/mol. The van der Waals surface area contributed by atoms with Crippen molar-refractivity contribution in [1.29, 1.82) is 5.26 Å². The lowest BCUT2D eigenvalue weighted by molar-refractivity contribution is -0.137. The van der Waals surface area contributed by atoms with Gasteiger partial charge in [-0.3, -0.25) is 9.59 Å². The first-order valence-corrected chi connectivity index (χ1v) is 12.5. The average Bonchev–Trinajstić information content (AvgIpc) is 3.54. The zero-order chi connectivity index (χ0) is 25.9. The Labute approximate surface area is 215 Å². The largest absolute Gasteiger partial charge is 0.481 e. The quantitative estimate of drug-likeness (QED) is 0.315. The highest BCUT2D eigenvalue weighted by Crippen LogP contribution is 2.50. The molecule has 8 heteroatoms. The number of Topliss-reactive ketones (excluding diaryl/α,β-unsaturated/α-hetero) is 1. The van der Waals surface area contributed by atoms with E-state index in [-0.39, 0.29) is 30.0 Å². The highest BCUT2D eigenvalue weighted by atomic mass is 35.5. The number of aromatic nitrogens is 2. The van der Waals surface area contributed by atoms with Crippen LogP contribution in [-0.2, 0) is 29.6 Å². The van der Waals surface area contributed by atoms with Crippen molar-refractivity contribution in [1.82, 2.24) is 9.55 Å². The first-order valence-electron chi connectivity index (χ1n) is 12.2. The Bertz CT molecular complexity index is 1340. The molecular weight excluding hydrogens is 478 g/mol. The fourth-order valence-corrected chi connectivity index (χ4v) is 5.07. The molecule has 1 fully saturated rings. The number of ketones is 1. The van der Waals surface area contributed by atoms with Crippen LogP contribution in [0.2, 0.25) is 5.02 Å². The van der Waals surface area contributed by atoms with Crippen molar-refractivity contribution in [3.05, 3.63) is 63.9 Å². The van der Waals surface area contributed by atoms with E-state index in [1.54, 1.807) is 13.0 Å². The zero-order valence-corrected chi connectivity index (χ0v) is 21.3. The number of carboxylic acid groups (broad SMARTS) is 1. The summed E-state index contributed by atoms with van der Waals surface area (Å²) in [6.45, 7) is 2.91. The molecule has 4 rings (SSSR count). The number of carbonyl (C=O) groups is 2. The lowest BCUT2D eigenvalue weighted by atomic mass is 9.92. The van der Waals surface area contributed by atoms with E-state index in [1.807, 2.05) is 35.9 Å². The van der Waals surface area contributed by atoms with Crippen LogP contribution in [0.3, 0.4) is 0 Å². The van der Waals surface area contributed by atoms with Gasteiger partial charge in [0.15, 0.2) is 5.78 Å². The van der Waals surface area contributed by atoms with Crippen LogP contribution in [0.5, 0.6) is 0 Å². The van der Waals surface area contributed by atoms with Gasteiger partial charge in [-0.25, -0.2) is 4.98 Å². The van der Waals surface area contributed by atoms with Crippen LogP contribution in [0.4, 0.5) is 0 Å². The van der Waals surface area contributed by atoms with Gasteiger partial charge in [0.25, 0.3) is 0 Å². The highest BCUT2D eigenvalue weighted by Gasteiger charge is 2.42. The molecule has 1 aliphatic rings. The number of aliphatic carboxylic acids is 1. The molecule has 1 atom stereocenters. The molecule has 0 spiro atoms. The molecule has 2 heterocycles. The van der Waals surface area contributed by atoms with Crippen molar-refractivity contribution in [2.45, 2.75) is 52.1 Å². The number of nitrogens with zero attached hydrogens (tertiary/aromatic N) is 3. The van der Waals surface area contributed by atoms with E-state index in [0.29, 0.717) is 46.8 Å². The Balaban J connectivity index is 1.53. The summed E-state index contributed by atoms with van der Waals surface area (Å²) in [6.07, 6.45) is 5.25. The van der Waals surface area contributed by atoms with E-state index < -0.39 is 5.97 Å². The van der Waals surface area contributed by atoms with Gasteiger partial charge in [-0.1, -0.05) is 30.7 Å². The first kappa shape index (κ1) is 25.9. The number of hydrogen-bond acceptors (Lipinski definition) is 5. The van der Waals surface area contributed by atoms with Crippen molar-refractivity contribution in [2.75, 3.05) is 6.61 Å². The molecule has 7 nitrogen and oxygen atoms in total. The van der Waals surface area contributed by atoms with Gasteiger partial charge >= 0.3 is 5.97 Å². The summed E-state index contributed by atoms with van der Waals surface area (Å²) >= 11 is 6.07. The third kappa shape index (κ3) is 5.95. The SMILES string of the molecule is C[C@H](CC(=O)O)CC(=O)c1c(CCC2(COCc3cccc(Cl)c3)CC2)n(C)c2ncc(C#N)cc12. The highest BCUT2D eigenvalue weighted by molar-refractivity contribution is 6.30. The van der Waals surface area contributed by atoms with Crippen molar-refractivity contribution < 1.29 is 19.4 Å². The lowest BCUT2D eigenvalue weighted by Crippen LogP contribution is -2.15. The number of carboxylic acids is 1. The Morgan fingerprint density at radius 1 is 1.31 bits per heavy atom. The molecule has 188 valence electrons. The van der Waals surface area contributed by atoms with E-state index in [4.69, 9.17) is 21.4 Å². The van der Waals surface area contributed by atoms with Gasteiger partial charge in [-0.05, 0) is 60.8 Å². The Morgan fingerprint density at radius 3 is 2.75 bits per heavy atom. The summed E-state index contributed by atoms with van der Waals surface area (Å²) in [6, 6.07) is 11.5. The number of nitriles is 1. The number of aryl methyl sites for hydroxylation is 1. The van der Waals surface area contributed by atoms with Gasteiger partial charge in [-0.2, -0.15) is 5.26 Å². The molecule has 0 bridgehead atoms. The molecule has 0 aliphatic heterocycles. The van der Waals surface area contributed by atoms with Crippen LogP contribution in [0.1, 0.15) is 66.2 Å². The second-order valence-corrected chi connectivity index (χ2v) is 10.5. The second-order valence-electron chi connectivity index (χ2n) is 10.0. The minimum absolute atomic E-state index is 0.0688.